The minimum Gasteiger partial charge on any atom is -0.268 e. The smallest absolute Gasteiger partial charge is 0.268 e. The molecule has 0 aliphatic carbocycles. The number of nitro groups is 1. The lowest BCUT2D eigenvalue weighted by atomic mass is 10.3. The summed E-state index contributed by atoms with van der Waals surface area (Å²) in [6, 6.07) is 4.30. The van der Waals surface area contributed by atoms with Crippen molar-refractivity contribution in [3.8, 4) is 0 Å². The highest BCUT2D eigenvalue weighted by Crippen LogP contribution is 2.21. The van der Waals surface area contributed by atoms with Gasteiger partial charge >= 0.3 is 5.69 Å². The molecule has 0 atom stereocenters. The Hall–Kier alpha value is -2.82. The van der Waals surface area contributed by atoms with Crippen LogP contribution in [0.5, 0.6) is 0 Å². The third kappa shape index (κ3) is 3.20. The van der Waals surface area contributed by atoms with Crippen LogP contribution in [0.25, 0.3) is 0 Å². The Bertz CT molecular complexity index is 843. The molecule has 0 saturated carbocycles. The zero-order chi connectivity index (χ0) is 15.6. The quantitative estimate of drug-likeness (QED) is 0.627. The van der Waals surface area contributed by atoms with Crippen LogP contribution in [0.1, 0.15) is 0 Å². The van der Waals surface area contributed by atoms with Crippen molar-refractivity contribution >= 4 is 21.5 Å². The predicted molar refractivity (Wildman–Crippen MR) is 68.7 cm³/mol. The molecule has 1 heterocycles. The molecule has 0 unspecified atom stereocenters. The van der Waals surface area contributed by atoms with E-state index < -0.39 is 36.9 Å². The molecule has 0 spiro atoms. The van der Waals surface area contributed by atoms with Gasteiger partial charge in [0.25, 0.3) is 15.6 Å². The van der Waals surface area contributed by atoms with Gasteiger partial charge in [-0.2, -0.15) is 9.49 Å². The summed E-state index contributed by atoms with van der Waals surface area (Å²) in [6.45, 7) is 0. The fraction of sp³-hybridized carbons (Fsp3) is 0. The highest BCUT2D eigenvalue weighted by Gasteiger charge is 2.21. The number of H-pyrrole nitrogens is 1. The van der Waals surface area contributed by atoms with E-state index in [1.54, 1.807) is 0 Å². The molecule has 9 nitrogen and oxygen atoms in total. The predicted octanol–water partition coefficient (Wildman–Crippen LogP) is 0.618. The van der Waals surface area contributed by atoms with Crippen LogP contribution in [0, 0.1) is 15.9 Å². The first-order valence-electron chi connectivity index (χ1n) is 5.32. The first-order valence-corrected chi connectivity index (χ1v) is 6.80. The summed E-state index contributed by atoms with van der Waals surface area (Å²) in [5, 5.41) is 15.9. The lowest BCUT2D eigenvalue weighted by molar-refractivity contribution is -0.387. The van der Waals surface area contributed by atoms with Crippen LogP contribution in [0.15, 0.2) is 40.0 Å². The van der Waals surface area contributed by atoms with Crippen molar-refractivity contribution in [3.63, 3.8) is 0 Å². The van der Waals surface area contributed by atoms with E-state index in [-0.39, 0.29) is 5.82 Å². The number of nitro benzene ring substituents is 1. The van der Waals surface area contributed by atoms with Gasteiger partial charge in [0.05, 0.1) is 9.82 Å². The summed E-state index contributed by atoms with van der Waals surface area (Å²) in [5.41, 5.74) is -1.37. The number of nitrogens with zero attached hydrogens (tertiary/aromatic N) is 2. The van der Waals surface area contributed by atoms with Crippen molar-refractivity contribution in [2.75, 3.05) is 4.72 Å². The Labute approximate surface area is 116 Å². The van der Waals surface area contributed by atoms with E-state index in [1.165, 1.54) is 0 Å². The number of rotatable bonds is 4. The van der Waals surface area contributed by atoms with Crippen molar-refractivity contribution < 1.29 is 17.7 Å². The summed E-state index contributed by atoms with van der Waals surface area (Å²) >= 11 is 0. The van der Waals surface area contributed by atoms with Gasteiger partial charge in [0.15, 0.2) is 5.82 Å². The molecule has 110 valence electrons. The van der Waals surface area contributed by atoms with Crippen LogP contribution < -0.4 is 10.3 Å². The normalized spacial score (nSPS) is 11.1. The van der Waals surface area contributed by atoms with E-state index in [2.05, 4.69) is 5.10 Å². The topological polar surface area (TPSA) is 135 Å². The maximum Gasteiger partial charge on any atom is 0.304 e. The van der Waals surface area contributed by atoms with E-state index in [0.29, 0.717) is 6.07 Å². The fourth-order valence-corrected chi connectivity index (χ4v) is 2.41. The van der Waals surface area contributed by atoms with Gasteiger partial charge in [-0.25, -0.2) is 13.5 Å². The number of halogens is 1. The Morgan fingerprint density at radius 3 is 2.52 bits per heavy atom. The molecule has 1 aromatic carbocycles. The number of nitrogens with one attached hydrogen (secondary N) is 2. The Kier molecular flexibility index (Phi) is 3.67. The molecule has 0 fully saturated rings. The Balaban J connectivity index is 2.35. The van der Waals surface area contributed by atoms with E-state index in [0.717, 1.165) is 24.3 Å². The first kappa shape index (κ1) is 14.6. The molecule has 0 saturated heterocycles. The second-order valence-electron chi connectivity index (χ2n) is 3.78. The Morgan fingerprint density at radius 1 is 1.29 bits per heavy atom. The molecule has 2 rings (SSSR count). The molecule has 0 aliphatic rings. The lowest BCUT2D eigenvalue weighted by Gasteiger charge is -2.06. The van der Waals surface area contributed by atoms with Crippen LogP contribution in [-0.2, 0) is 10.0 Å². The minimum atomic E-state index is -4.19. The van der Waals surface area contributed by atoms with Gasteiger partial charge in [-0.05, 0) is 12.1 Å². The highest BCUT2D eigenvalue weighted by molar-refractivity contribution is 7.92. The van der Waals surface area contributed by atoms with E-state index >= 15 is 0 Å². The standard InChI is InChI=1S/C10H7FN4O5S/c11-7-5-6(1-2-8(7)15(17)18)21(19,20)14-9-3-4-10(16)13-12-9/h1-5H,(H,12,14)(H,13,16). The van der Waals surface area contributed by atoms with Gasteiger partial charge in [-0.3, -0.25) is 19.6 Å². The molecular weight excluding hydrogens is 307 g/mol. The van der Waals surface area contributed by atoms with E-state index in [4.69, 9.17) is 0 Å². The van der Waals surface area contributed by atoms with Gasteiger partial charge in [0.2, 0.25) is 5.82 Å². The number of hydrogen-bond acceptors (Lipinski definition) is 6. The third-order valence-electron chi connectivity index (χ3n) is 2.34. The lowest BCUT2D eigenvalue weighted by Crippen LogP contribution is -2.16. The van der Waals surface area contributed by atoms with Crippen molar-refractivity contribution in [2.45, 2.75) is 4.90 Å². The maximum atomic E-state index is 13.4. The molecular formula is C10H7FN4O5S. The molecule has 2 N–H and O–H groups in total. The van der Waals surface area contributed by atoms with E-state index in [9.17, 15) is 27.7 Å². The third-order valence-corrected chi connectivity index (χ3v) is 3.70. The molecule has 11 heteroatoms. The molecule has 1 aromatic heterocycles. The fourth-order valence-electron chi connectivity index (χ4n) is 1.40. The van der Waals surface area contributed by atoms with Crippen molar-refractivity contribution in [1.82, 2.24) is 10.2 Å². The number of sulfonamides is 1. The van der Waals surface area contributed by atoms with Crippen LogP contribution in [-0.4, -0.2) is 23.5 Å². The first-order chi connectivity index (χ1) is 9.79. The number of hydrogen-bond donors (Lipinski definition) is 2. The second-order valence-corrected chi connectivity index (χ2v) is 5.46. The zero-order valence-electron chi connectivity index (χ0n) is 10.1. The highest BCUT2D eigenvalue weighted by atomic mass is 32.2. The molecule has 0 amide bonds. The summed E-state index contributed by atoms with van der Waals surface area (Å²) in [5.74, 6) is -1.47. The van der Waals surface area contributed by atoms with Crippen LogP contribution in [0.2, 0.25) is 0 Å². The SMILES string of the molecule is O=c1ccc(NS(=O)(=O)c2ccc([N+](=O)[O-])c(F)c2)n[nH]1. The van der Waals surface area contributed by atoms with Crippen LogP contribution >= 0.6 is 0 Å². The number of aromatic amines is 1. The second kappa shape index (κ2) is 5.28. The van der Waals surface area contributed by atoms with Gasteiger partial charge in [0.1, 0.15) is 0 Å². The van der Waals surface area contributed by atoms with Gasteiger partial charge in [0, 0.05) is 18.2 Å². The van der Waals surface area contributed by atoms with Gasteiger partial charge < -0.3 is 0 Å². The molecule has 0 aliphatic heterocycles. The average molecular weight is 314 g/mol. The maximum absolute atomic E-state index is 13.4. The van der Waals surface area contributed by atoms with Crippen LogP contribution in [0.3, 0.4) is 0 Å². The van der Waals surface area contributed by atoms with Crippen molar-refractivity contribution in [1.29, 1.82) is 0 Å². The zero-order valence-corrected chi connectivity index (χ0v) is 10.9. The summed E-state index contributed by atoms with van der Waals surface area (Å²) < 4.78 is 39.3. The molecule has 21 heavy (non-hydrogen) atoms. The van der Waals surface area contributed by atoms with Gasteiger partial charge in [-0.1, -0.05) is 0 Å². The number of anilines is 1. The minimum absolute atomic E-state index is 0.187. The number of benzene rings is 1. The van der Waals surface area contributed by atoms with Crippen molar-refractivity contribution in [2.24, 2.45) is 0 Å². The molecule has 0 radical (unpaired) electrons. The largest absolute Gasteiger partial charge is 0.304 e. The summed E-state index contributed by atoms with van der Waals surface area (Å²) in [6.07, 6.45) is 0. The summed E-state index contributed by atoms with van der Waals surface area (Å²) in [7, 11) is -4.19. The number of aromatic nitrogens is 2. The average Bonchev–Trinajstić information content (AvgIpc) is 2.40. The molecule has 2 aromatic rings. The molecule has 0 bridgehead atoms. The van der Waals surface area contributed by atoms with Crippen molar-refractivity contribution in [3.05, 3.63) is 56.6 Å². The monoisotopic (exact) mass is 314 g/mol. The van der Waals surface area contributed by atoms with Gasteiger partial charge in [-0.15, -0.1) is 0 Å². The van der Waals surface area contributed by atoms with Crippen LogP contribution in [0.4, 0.5) is 15.9 Å². The van der Waals surface area contributed by atoms with E-state index in [1.807, 2.05) is 9.82 Å². The summed E-state index contributed by atoms with van der Waals surface area (Å²) in [4.78, 5) is 19.8. The Morgan fingerprint density at radius 2 is 2.00 bits per heavy atom.